The van der Waals surface area contributed by atoms with Gasteiger partial charge in [0.15, 0.2) is 0 Å². The van der Waals surface area contributed by atoms with Gasteiger partial charge in [-0.1, -0.05) is 0 Å². The van der Waals surface area contributed by atoms with Crippen molar-refractivity contribution in [1.29, 1.82) is 0 Å². The Morgan fingerprint density at radius 3 is 2.26 bits per heavy atom. The van der Waals surface area contributed by atoms with Crippen LogP contribution < -0.4 is 14.2 Å². The summed E-state index contributed by atoms with van der Waals surface area (Å²) in [5, 5.41) is 11.2. The molecular weight excluding hydrogens is 438 g/mol. The highest BCUT2D eigenvalue weighted by Gasteiger charge is 2.46. The zero-order valence-corrected chi connectivity index (χ0v) is 20.2. The fourth-order valence-corrected chi connectivity index (χ4v) is 3.98. The van der Waals surface area contributed by atoms with E-state index in [1.54, 1.807) is 49.6 Å². The molecule has 8 heteroatoms. The number of methoxy groups -OCH3 is 3. The number of aliphatic hydroxyl groups is 1. The van der Waals surface area contributed by atoms with Crippen molar-refractivity contribution in [2.45, 2.75) is 32.4 Å². The molecule has 0 unspecified atom stereocenters. The largest absolute Gasteiger partial charge is 0.507 e. The average Bonchev–Trinajstić information content (AvgIpc) is 3.08. The number of aliphatic hydroxyl groups excluding tert-OH is 1. The summed E-state index contributed by atoms with van der Waals surface area (Å²) >= 11 is 0. The van der Waals surface area contributed by atoms with Gasteiger partial charge in [-0.15, -0.1) is 0 Å². The van der Waals surface area contributed by atoms with Gasteiger partial charge in [-0.2, -0.15) is 0 Å². The molecule has 2 aromatic rings. The van der Waals surface area contributed by atoms with Crippen LogP contribution in [0.2, 0.25) is 0 Å². The maximum Gasteiger partial charge on any atom is 0.295 e. The highest BCUT2D eigenvalue weighted by atomic mass is 16.5. The van der Waals surface area contributed by atoms with Gasteiger partial charge in [0.1, 0.15) is 23.0 Å². The standard InChI is InChI=1S/C26H31NO7/c1-16(2)34-18-9-7-17(8-10-18)24(28)22-23(20-12-11-19(32-4)15-21(20)33-5)27(13-6-14-31-3)26(30)25(22)29/h7-12,15-16,23,28H,6,13-14H2,1-5H3/t23-/m1/s1. The van der Waals surface area contributed by atoms with E-state index in [-0.39, 0.29) is 24.0 Å². The van der Waals surface area contributed by atoms with Crippen LogP contribution in [0.5, 0.6) is 17.2 Å². The quantitative estimate of drug-likeness (QED) is 0.244. The molecule has 1 heterocycles. The van der Waals surface area contributed by atoms with Gasteiger partial charge in [0.05, 0.1) is 31.9 Å². The van der Waals surface area contributed by atoms with E-state index in [9.17, 15) is 14.7 Å². The van der Waals surface area contributed by atoms with Gasteiger partial charge in [0.25, 0.3) is 11.7 Å². The lowest BCUT2D eigenvalue weighted by Gasteiger charge is -2.26. The Bertz CT molecular complexity index is 1060. The number of benzene rings is 2. The highest BCUT2D eigenvalue weighted by Crippen LogP contribution is 2.43. The van der Waals surface area contributed by atoms with E-state index in [0.29, 0.717) is 41.4 Å². The van der Waals surface area contributed by atoms with E-state index in [1.807, 2.05) is 13.8 Å². The molecule has 1 N–H and O–H groups in total. The summed E-state index contributed by atoms with van der Waals surface area (Å²) in [6.07, 6.45) is 0.527. The van der Waals surface area contributed by atoms with Crippen LogP contribution in [0, 0.1) is 0 Å². The van der Waals surface area contributed by atoms with Gasteiger partial charge in [0, 0.05) is 37.5 Å². The second-order valence-electron chi connectivity index (χ2n) is 8.14. The Hall–Kier alpha value is -3.52. The lowest BCUT2D eigenvalue weighted by Crippen LogP contribution is -2.31. The number of carbonyl (C=O) groups is 2. The SMILES string of the molecule is COCCCN1C(=O)C(=O)C(=C(O)c2ccc(OC(C)C)cc2)[C@H]1c1ccc(OC)cc1OC. The van der Waals surface area contributed by atoms with E-state index in [1.165, 1.54) is 19.1 Å². The number of Topliss-reactive ketones (excluding diaryl/α,β-unsaturated/α-hetero) is 1. The summed E-state index contributed by atoms with van der Waals surface area (Å²) < 4.78 is 21.6. The van der Waals surface area contributed by atoms with Gasteiger partial charge in [-0.05, 0) is 56.7 Å². The van der Waals surface area contributed by atoms with E-state index in [4.69, 9.17) is 18.9 Å². The second kappa shape index (κ2) is 11.1. The molecule has 0 spiro atoms. The van der Waals surface area contributed by atoms with Gasteiger partial charge < -0.3 is 29.0 Å². The number of hydrogen-bond acceptors (Lipinski definition) is 7. The van der Waals surface area contributed by atoms with Crippen molar-refractivity contribution < 1.29 is 33.6 Å². The number of hydrogen-bond donors (Lipinski definition) is 1. The van der Waals surface area contributed by atoms with Crippen LogP contribution in [0.4, 0.5) is 0 Å². The number of nitrogens with zero attached hydrogens (tertiary/aromatic N) is 1. The molecule has 0 bridgehead atoms. The smallest absolute Gasteiger partial charge is 0.295 e. The summed E-state index contributed by atoms with van der Waals surface area (Å²) in [6, 6.07) is 11.1. The summed E-state index contributed by atoms with van der Waals surface area (Å²) in [7, 11) is 4.62. The van der Waals surface area contributed by atoms with Crippen LogP contribution in [-0.4, -0.2) is 62.3 Å². The van der Waals surface area contributed by atoms with Gasteiger partial charge in [-0.25, -0.2) is 0 Å². The highest BCUT2D eigenvalue weighted by molar-refractivity contribution is 6.46. The molecule has 0 saturated carbocycles. The van der Waals surface area contributed by atoms with Crippen molar-refractivity contribution in [3.8, 4) is 17.2 Å². The third-order valence-electron chi connectivity index (χ3n) is 5.52. The minimum Gasteiger partial charge on any atom is -0.507 e. The first-order valence-corrected chi connectivity index (χ1v) is 11.1. The van der Waals surface area contributed by atoms with Crippen LogP contribution in [0.15, 0.2) is 48.0 Å². The fraction of sp³-hybridized carbons (Fsp3) is 0.385. The third kappa shape index (κ3) is 5.17. The first-order valence-electron chi connectivity index (χ1n) is 11.1. The molecule has 0 aromatic heterocycles. The predicted molar refractivity (Wildman–Crippen MR) is 127 cm³/mol. The number of amides is 1. The molecule has 1 amide bonds. The first kappa shape index (κ1) is 25.1. The molecule has 1 atom stereocenters. The topological polar surface area (TPSA) is 94.5 Å². The minimum atomic E-state index is -0.829. The van der Waals surface area contributed by atoms with Crippen molar-refractivity contribution in [3.05, 3.63) is 59.2 Å². The molecule has 0 aliphatic carbocycles. The Kier molecular flexibility index (Phi) is 8.17. The van der Waals surface area contributed by atoms with Crippen molar-refractivity contribution in [1.82, 2.24) is 4.90 Å². The van der Waals surface area contributed by atoms with Crippen LogP contribution in [0.25, 0.3) is 5.76 Å². The molecule has 34 heavy (non-hydrogen) atoms. The van der Waals surface area contributed by atoms with Crippen molar-refractivity contribution in [2.75, 3.05) is 34.5 Å². The maximum atomic E-state index is 13.2. The number of carbonyl (C=O) groups excluding carboxylic acids is 2. The molecule has 8 nitrogen and oxygen atoms in total. The molecule has 0 radical (unpaired) electrons. The van der Waals surface area contributed by atoms with Crippen molar-refractivity contribution in [2.24, 2.45) is 0 Å². The van der Waals surface area contributed by atoms with Crippen LogP contribution >= 0.6 is 0 Å². The lowest BCUT2D eigenvalue weighted by molar-refractivity contribution is -0.140. The molecule has 1 aliphatic rings. The zero-order chi connectivity index (χ0) is 24.8. The minimum absolute atomic E-state index is 0.000547. The van der Waals surface area contributed by atoms with Gasteiger partial charge in [0.2, 0.25) is 0 Å². The van der Waals surface area contributed by atoms with Crippen LogP contribution in [-0.2, 0) is 14.3 Å². The van der Waals surface area contributed by atoms with E-state index in [0.717, 1.165) is 0 Å². The lowest BCUT2D eigenvalue weighted by atomic mass is 9.94. The molecule has 182 valence electrons. The Morgan fingerprint density at radius 2 is 1.68 bits per heavy atom. The third-order valence-corrected chi connectivity index (χ3v) is 5.52. The number of ketones is 1. The maximum absolute atomic E-state index is 13.2. The number of ether oxygens (including phenoxy) is 4. The van der Waals surface area contributed by atoms with Crippen molar-refractivity contribution >= 4 is 17.4 Å². The van der Waals surface area contributed by atoms with Gasteiger partial charge >= 0.3 is 0 Å². The molecular formula is C26H31NO7. The summed E-state index contributed by atoms with van der Waals surface area (Å²) in [5.41, 5.74) is 0.980. The summed E-state index contributed by atoms with van der Waals surface area (Å²) in [5.74, 6) is -0.0423. The summed E-state index contributed by atoms with van der Waals surface area (Å²) in [6.45, 7) is 4.53. The molecule has 1 fully saturated rings. The molecule has 3 rings (SSSR count). The summed E-state index contributed by atoms with van der Waals surface area (Å²) in [4.78, 5) is 27.6. The normalized spacial score (nSPS) is 17.4. The van der Waals surface area contributed by atoms with Crippen LogP contribution in [0.3, 0.4) is 0 Å². The van der Waals surface area contributed by atoms with E-state index < -0.39 is 17.7 Å². The average molecular weight is 470 g/mol. The Morgan fingerprint density at radius 1 is 1.00 bits per heavy atom. The number of rotatable bonds is 10. The molecule has 1 aliphatic heterocycles. The first-order chi connectivity index (χ1) is 16.3. The zero-order valence-electron chi connectivity index (χ0n) is 20.2. The monoisotopic (exact) mass is 469 g/mol. The number of likely N-dealkylation sites (tertiary alicyclic amines) is 1. The second-order valence-corrected chi connectivity index (χ2v) is 8.14. The molecule has 1 saturated heterocycles. The fourth-order valence-electron chi connectivity index (χ4n) is 3.98. The van der Waals surface area contributed by atoms with E-state index in [2.05, 4.69) is 0 Å². The Labute approximate surface area is 199 Å². The molecule has 2 aromatic carbocycles. The van der Waals surface area contributed by atoms with Gasteiger partial charge in [-0.3, -0.25) is 9.59 Å². The van der Waals surface area contributed by atoms with Crippen LogP contribution in [0.1, 0.15) is 37.4 Å². The van der Waals surface area contributed by atoms with E-state index >= 15 is 0 Å². The Balaban J connectivity index is 2.13. The predicted octanol–water partition coefficient (Wildman–Crippen LogP) is 3.95. The van der Waals surface area contributed by atoms with Crippen molar-refractivity contribution in [3.63, 3.8) is 0 Å².